The van der Waals surface area contributed by atoms with E-state index in [0.717, 1.165) is 26.2 Å². The van der Waals surface area contributed by atoms with Crippen molar-refractivity contribution in [3.8, 4) is 0 Å². The predicted octanol–water partition coefficient (Wildman–Crippen LogP) is -4.72. The minimum Gasteiger partial charge on any atom is -0.330 e. The Morgan fingerprint density at radius 1 is 0.737 bits per heavy atom. The third-order valence-electron chi connectivity index (χ3n) is 2.24. The lowest BCUT2D eigenvalue weighted by Crippen LogP contribution is -2.69. The lowest BCUT2D eigenvalue weighted by atomic mass is 10.1. The van der Waals surface area contributed by atoms with Crippen molar-refractivity contribution >= 4 is 0 Å². The normalized spacial score (nSPS) is 12.8. The first-order valence-electron chi connectivity index (χ1n) is 6.54. The maximum Gasteiger partial charge on any atom is 0.131 e. The average Bonchev–Trinajstić information content (AvgIpc) is 2.34. The molecule has 9 heteroatoms. The Kier molecular flexibility index (Phi) is 15.5. The summed E-state index contributed by atoms with van der Waals surface area (Å²) in [6, 6.07) is -0.428. The van der Waals surface area contributed by atoms with Crippen LogP contribution in [-0.2, 0) is 0 Å². The summed E-state index contributed by atoms with van der Waals surface area (Å²) >= 11 is 0. The Bertz CT molecular complexity index is 163. The van der Waals surface area contributed by atoms with Crippen molar-refractivity contribution in [3.05, 3.63) is 0 Å². The Hall–Kier alpha value is -0.360. The van der Waals surface area contributed by atoms with Gasteiger partial charge in [-0.25, -0.2) is 0 Å². The van der Waals surface area contributed by atoms with Crippen LogP contribution >= 0.6 is 0 Å². The summed E-state index contributed by atoms with van der Waals surface area (Å²) in [5, 5.41) is 6.33. The molecule has 0 aromatic heterocycles. The maximum atomic E-state index is 5.41. The molecule has 9 nitrogen and oxygen atoms in total. The van der Waals surface area contributed by atoms with Gasteiger partial charge in [-0.1, -0.05) is 0 Å². The Morgan fingerprint density at radius 3 is 1.37 bits per heavy atom. The van der Waals surface area contributed by atoms with Gasteiger partial charge in [0.05, 0.1) is 6.04 Å². The lowest BCUT2D eigenvalue weighted by molar-refractivity contribution is 0.353. The maximum absolute atomic E-state index is 5.41. The summed E-state index contributed by atoms with van der Waals surface area (Å²) in [5.74, 6) is -1.29. The van der Waals surface area contributed by atoms with E-state index in [1.807, 2.05) is 0 Å². The van der Waals surface area contributed by atoms with Crippen LogP contribution in [0.1, 0.15) is 6.42 Å². The molecule has 0 radical (unpaired) electrons. The van der Waals surface area contributed by atoms with Gasteiger partial charge in [-0.05, 0) is 13.0 Å². The van der Waals surface area contributed by atoms with E-state index in [1.54, 1.807) is 0 Å². The van der Waals surface area contributed by atoms with Gasteiger partial charge >= 0.3 is 0 Å². The highest BCUT2D eigenvalue weighted by Crippen LogP contribution is 1.91. The zero-order chi connectivity index (χ0) is 15.1. The fourth-order valence-electron chi connectivity index (χ4n) is 1.06. The van der Waals surface area contributed by atoms with Crippen LogP contribution in [0, 0.1) is 0 Å². The summed E-state index contributed by atoms with van der Waals surface area (Å²) < 4.78 is 0. The number of hydrogen-bond donors (Lipinski definition) is 9. The van der Waals surface area contributed by atoms with Gasteiger partial charge in [-0.3, -0.25) is 17.2 Å². The fraction of sp³-hybridized carbons (Fsp3) is 1.00. The van der Waals surface area contributed by atoms with Crippen LogP contribution in [0.2, 0.25) is 0 Å². The topological polar surface area (TPSA) is 206 Å². The molecule has 0 aromatic carbocycles. The first kappa shape index (κ1) is 20.9. The van der Waals surface area contributed by atoms with Crippen LogP contribution in [0.4, 0.5) is 0 Å². The van der Waals surface area contributed by atoms with Gasteiger partial charge in [-0.2, -0.15) is 0 Å². The second kappa shape index (κ2) is 14.1. The van der Waals surface area contributed by atoms with Gasteiger partial charge in [0.1, 0.15) is 5.79 Å². The molecule has 0 rings (SSSR count). The van der Waals surface area contributed by atoms with Crippen molar-refractivity contribution in [1.29, 1.82) is 0 Å². The fourth-order valence-corrected chi connectivity index (χ4v) is 1.06. The van der Waals surface area contributed by atoms with Crippen molar-refractivity contribution in [3.63, 3.8) is 0 Å². The average molecular weight is 279 g/mol. The van der Waals surface area contributed by atoms with Crippen molar-refractivity contribution in [2.45, 2.75) is 18.2 Å². The van der Waals surface area contributed by atoms with E-state index in [1.165, 1.54) is 0 Å². The smallest absolute Gasteiger partial charge is 0.131 e. The number of nitrogens with two attached hydrogens (primary N) is 7. The molecule has 1 atom stereocenters. The van der Waals surface area contributed by atoms with Crippen LogP contribution in [0.3, 0.4) is 0 Å². The first-order chi connectivity index (χ1) is 8.90. The molecule has 0 spiro atoms. The molecule has 19 heavy (non-hydrogen) atoms. The van der Waals surface area contributed by atoms with Gasteiger partial charge in [0.15, 0.2) is 0 Å². The van der Waals surface area contributed by atoms with Crippen molar-refractivity contribution < 1.29 is 0 Å². The first-order valence-corrected chi connectivity index (χ1v) is 6.54. The third kappa shape index (κ3) is 17.6. The molecular weight excluding hydrogens is 246 g/mol. The molecule has 0 aliphatic carbocycles. The highest BCUT2D eigenvalue weighted by Gasteiger charge is 2.20. The lowest BCUT2D eigenvalue weighted by Gasteiger charge is -2.25. The molecule has 0 aliphatic rings. The molecule has 0 heterocycles. The Morgan fingerprint density at radius 2 is 1.16 bits per heavy atom. The zero-order valence-corrected chi connectivity index (χ0v) is 11.8. The molecule has 118 valence electrons. The number of rotatable bonds is 10. The monoisotopic (exact) mass is 279 g/mol. The van der Waals surface area contributed by atoms with E-state index in [-0.39, 0.29) is 0 Å². The van der Waals surface area contributed by atoms with E-state index in [4.69, 9.17) is 40.1 Å². The molecule has 0 saturated carbocycles. The van der Waals surface area contributed by atoms with Crippen LogP contribution in [0.25, 0.3) is 0 Å². The van der Waals surface area contributed by atoms with Gasteiger partial charge < -0.3 is 33.6 Å². The molecule has 0 saturated heterocycles. The molecule has 0 bridgehead atoms. The number of nitrogens with one attached hydrogen (secondary N) is 2. The second-order valence-corrected chi connectivity index (χ2v) is 4.26. The van der Waals surface area contributed by atoms with Gasteiger partial charge in [0, 0.05) is 39.3 Å². The van der Waals surface area contributed by atoms with Gasteiger partial charge in [0.2, 0.25) is 0 Å². The zero-order valence-electron chi connectivity index (χ0n) is 11.8. The quantitative estimate of drug-likeness (QED) is 0.139. The van der Waals surface area contributed by atoms with E-state index >= 15 is 0 Å². The minimum absolute atomic E-state index is 0.428. The molecule has 0 aromatic rings. The molecular formula is C10H33N9. The standard InChI is InChI=1S/C6H18N4.C4H15N5/c7-1-3-9-5-6-10-4-2-8;5-2-1-3(6)4(7,8)9/h9-10H,1-8H2;3H,1-2,5-9H2. The molecule has 16 N–H and O–H groups in total. The largest absolute Gasteiger partial charge is 0.330 e. The Balaban J connectivity index is 0. The summed E-state index contributed by atoms with van der Waals surface area (Å²) in [6.45, 7) is 5.59. The van der Waals surface area contributed by atoms with Gasteiger partial charge in [0.25, 0.3) is 0 Å². The summed E-state index contributed by atoms with van der Waals surface area (Å²) in [7, 11) is 0. The predicted molar refractivity (Wildman–Crippen MR) is 80.8 cm³/mol. The van der Waals surface area contributed by atoms with Crippen molar-refractivity contribution in [1.82, 2.24) is 10.6 Å². The summed E-state index contributed by atoms with van der Waals surface area (Å²) in [6.07, 6.45) is 0.545. The van der Waals surface area contributed by atoms with E-state index < -0.39 is 11.8 Å². The van der Waals surface area contributed by atoms with E-state index in [0.29, 0.717) is 26.1 Å². The van der Waals surface area contributed by atoms with Gasteiger partial charge in [-0.15, -0.1) is 0 Å². The number of hydrogen-bond acceptors (Lipinski definition) is 9. The van der Waals surface area contributed by atoms with E-state index in [9.17, 15) is 0 Å². The molecule has 0 amide bonds. The molecule has 0 aliphatic heterocycles. The molecule has 1 unspecified atom stereocenters. The second-order valence-electron chi connectivity index (χ2n) is 4.26. The van der Waals surface area contributed by atoms with Crippen molar-refractivity contribution in [2.75, 3.05) is 45.8 Å². The van der Waals surface area contributed by atoms with Crippen LogP contribution in [0.5, 0.6) is 0 Å². The van der Waals surface area contributed by atoms with Crippen molar-refractivity contribution in [2.24, 2.45) is 40.1 Å². The van der Waals surface area contributed by atoms with E-state index in [2.05, 4.69) is 10.6 Å². The molecule has 0 fully saturated rings. The van der Waals surface area contributed by atoms with Crippen LogP contribution in [-0.4, -0.2) is 57.6 Å². The summed E-state index contributed by atoms with van der Waals surface area (Å²) in [5.41, 5.74) is 36.8. The Labute approximate surface area is 116 Å². The SMILES string of the molecule is NCCC(N)C(N)(N)N.NCCNCCNCCN. The van der Waals surface area contributed by atoms with Crippen LogP contribution < -0.4 is 50.8 Å². The minimum atomic E-state index is -1.29. The highest BCUT2D eigenvalue weighted by molar-refractivity contribution is 4.82. The third-order valence-corrected chi connectivity index (χ3v) is 2.24. The van der Waals surface area contributed by atoms with Crippen LogP contribution in [0.15, 0.2) is 0 Å². The highest BCUT2D eigenvalue weighted by atomic mass is 15.2. The summed E-state index contributed by atoms with van der Waals surface area (Å²) in [4.78, 5) is 0.